The SMILES string of the molecule is CC(C)(C)c1ccccc1Br.CC(C)(C)c1ccccc1CO.CC(C)(C)c1ccccc1COCc1cn([C@H]2CC(O[Si](C)(C)C(C)(C)C)[C@@H](CO)O2)c(=O)[nH]c1=O.CC(C)(C)c1ccccc1N.CC[C@H]1O[C@@H](n2cc(CBr)c(=O)n(C(=O)OC(C)(C)C)c2=O)CC1O[Si](C)(C)C(C)(C)C.CC[C@H]1O[C@@H](n2cc(COCc3ccccc3C(C)(C)C)c(=O)[nH]c2=O)CC1O[Si](C)(C)C(C)(C)C. The van der Waals surface area contributed by atoms with Crippen LogP contribution in [0.5, 0.6) is 0 Å². The van der Waals surface area contributed by atoms with Crippen molar-refractivity contribution in [3.8, 4) is 0 Å². The third kappa shape index (κ3) is 33.4. The third-order valence-electron chi connectivity index (χ3n) is 26.3. The summed E-state index contributed by atoms with van der Waals surface area (Å²) in [7, 11) is -6.18. The van der Waals surface area contributed by atoms with E-state index >= 15 is 0 Å². The van der Waals surface area contributed by atoms with Gasteiger partial charge in [0.15, 0.2) is 25.0 Å². The maximum Gasteiger partial charge on any atom is 0.425 e. The number of nitrogens with one attached hydrogen (secondary N) is 2. The van der Waals surface area contributed by atoms with Crippen LogP contribution in [-0.2, 0) is 107 Å². The summed E-state index contributed by atoms with van der Waals surface area (Å²) in [5.74, 6) is 0. The number of nitrogen functional groups attached to an aromatic ring is 1. The average Bonchev–Trinajstić information content (AvgIpc) is 1.47. The Kier molecular flexibility index (Phi) is 42.2. The van der Waals surface area contributed by atoms with Crippen LogP contribution in [0.2, 0.25) is 54.4 Å². The van der Waals surface area contributed by atoms with Crippen LogP contribution in [0.4, 0.5) is 10.5 Å². The third-order valence-corrected chi connectivity index (χ3v) is 41.1. The lowest BCUT2D eigenvalue weighted by Gasteiger charge is -2.39. The van der Waals surface area contributed by atoms with Crippen LogP contribution < -0.4 is 39.5 Å². The summed E-state index contributed by atoms with van der Waals surface area (Å²) < 4.78 is 61.4. The lowest BCUT2D eigenvalue weighted by atomic mass is 9.84. The quantitative estimate of drug-likeness (QED) is 0.0239. The van der Waals surface area contributed by atoms with Gasteiger partial charge in [0.2, 0.25) is 0 Å². The Morgan fingerprint density at radius 3 is 1.03 bits per heavy atom. The molecular weight excluding hydrogens is 1930 g/mol. The Morgan fingerprint density at radius 1 is 0.420 bits per heavy atom. The van der Waals surface area contributed by atoms with Gasteiger partial charge in [-0.05, 0) is 172 Å². The van der Waals surface area contributed by atoms with Gasteiger partial charge in [0.25, 0.3) is 16.7 Å². The minimum absolute atomic E-state index is 0.00394. The van der Waals surface area contributed by atoms with E-state index in [1.165, 1.54) is 58.4 Å². The zero-order chi connectivity index (χ0) is 105. The molecule has 30 heteroatoms. The van der Waals surface area contributed by atoms with Crippen molar-refractivity contribution in [3.05, 3.63) is 268 Å². The lowest BCUT2D eigenvalue weighted by molar-refractivity contribution is -0.0441. The summed E-state index contributed by atoms with van der Waals surface area (Å²) in [6.07, 6.45) is 3.28. The lowest BCUT2D eigenvalue weighted by Crippen LogP contribution is -2.47. The molecule has 3 unspecified atom stereocenters. The fourth-order valence-electron chi connectivity index (χ4n) is 15.6. The van der Waals surface area contributed by atoms with Gasteiger partial charge in [-0.1, -0.05) is 321 Å². The first-order chi connectivity index (χ1) is 63.4. The van der Waals surface area contributed by atoms with Gasteiger partial charge in [0.1, 0.15) is 30.4 Å². The van der Waals surface area contributed by atoms with Crippen molar-refractivity contribution in [3.63, 3.8) is 0 Å². The average molecular weight is 2100 g/mol. The molecule has 3 aliphatic rings. The number of benzene rings is 5. The van der Waals surface area contributed by atoms with Crippen LogP contribution in [0, 0.1) is 0 Å². The maximum absolute atomic E-state index is 13.2. The summed E-state index contributed by atoms with van der Waals surface area (Å²) >= 11 is 6.81. The van der Waals surface area contributed by atoms with E-state index in [-0.39, 0.29) is 110 Å². The molecule has 25 nitrogen and oxygen atoms in total. The zero-order valence-corrected chi connectivity index (χ0v) is 95.7. The van der Waals surface area contributed by atoms with Crippen molar-refractivity contribution in [2.45, 2.75) is 414 Å². The molecule has 5 aromatic carbocycles. The molecule has 11 rings (SSSR count). The number of nitrogens with two attached hydrogens (primary N) is 1. The highest BCUT2D eigenvalue weighted by Gasteiger charge is 2.49. The second-order valence-corrected chi connectivity index (χ2v) is 62.7. The first-order valence-corrected chi connectivity index (χ1v) is 59.1. The number of carbonyl (C=O) groups excluding carboxylic acids is 1. The van der Waals surface area contributed by atoms with Crippen molar-refractivity contribution in [2.75, 3.05) is 12.3 Å². The standard InChI is InChI=1S/C28H44N2O5Si.C27H42N2O6Si.C22H37BrN2O6Si.C11H16O.C10H13Br.C10H15N/c1-10-22-23(35-36(8,9)28(5,6)7)15-24(34-22)30-16-20(25(31)29-26(30)32)18-33-17-19-13-11-12-14-21(19)27(2,3)4;1-26(2,3)20-12-10-9-11-18(20)16-33-17-19-14-29(25(32)28-24(19)31)23-13-21(22(15-30)34-23)35-36(7,8)27(4,5)6;1-10-15-16(31-32(8,9)22(5,6)7)11-17(29-15)24-13-14(12-23)18(26)25(19(24)27)20(28)30-21(2,3)4;1-11(2,3)10-7-5-4-6-9(10)8-12;2*1-10(2,3)8-6-4-5-7-9(8)11/h11-14,16,22-24H,10,15,17-18H2,1-9H3,(H,29,31,32);9-12,14,21-23,30H,13,15-17H2,1-8H3,(H,28,31,32);13,15-17H,10-12H2,1-9H3;4-7,12H,8H2,1-3H3;4-7H,1-3H3;4-7H,11H2,1-3H3/t22-,23?,24-;21?,22-,23-;15-,16?,17-;;;/m111.../s1. The van der Waals surface area contributed by atoms with Crippen molar-refractivity contribution in [1.29, 1.82) is 0 Å². The largest absolute Gasteiger partial charge is 0.443 e. The topological polar surface area (TPSA) is 320 Å². The molecule has 6 N–H and O–H groups in total. The number of carbonyl (C=O) groups is 1. The van der Waals surface area contributed by atoms with Gasteiger partial charge in [-0.25, -0.2) is 19.2 Å². The van der Waals surface area contributed by atoms with Crippen LogP contribution in [0.25, 0.3) is 0 Å². The van der Waals surface area contributed by atoms with E-state index in [1.807, 2.05) is 85.8 Å². The number of nitrogens with zero attached hydrogens (tertiary/aromatic N) is 4. The molecule has 0 radical (unpaired) electrons. The number of aromatic nitrogens is 6. The van der Waals surface area contributed by atoms with E-state index in [1.54, 1.807) is 27.0 Å². The van der Waals surface area contributed by atoms with E-state index in [0.29, 0.717) is 48.2 Å². The number of hydrogen-bond acceptors (Lipinski definition) is 19. The summed E-state index contributed by atoms with van der Waals surface area (Å²) in [5, 5.41) is 19.3. The number of para-hydroxylation sites is 1. The fraction of sp³-hybridized carbons (Fsp3) is 0.602. The van der Waals surface area contributed by atoms with Crippen molar-refractivity contribution >= 4 is 68.6 Å². The van der Waals surface area contributed by atoms with Gasteiger partial charge < -0.3 is 57.6 Å². The molecular formula is C108H167Br2N7O18Si3. The zero-order valence-electron chi connectivity index (χ0n) is 89.5. The van der Waals surface area contributed by atoms with Gasteiger partial charge in [-0.3, -0.25) is 38.1 Å². The number of H-pyrrole nitrogens is 2. The first-order valence-electron chi connectivity index (χ1n) is 48.5. The Balaban J connectivity index is 0.000000271. The number of hydrogen-bond donors (Lipinski definition) is 5. The molecule has 0 aliphatic carbocycles. The molecule has 3 saturated heterocycles. The fourth-order valence-corrected chi connectivity index (χ4v) is 20.9. The summed E-state index contributed by atoms with van der Waals surface area (Å²) in [4.78, 5) is 93.9. The number of aliphatic hydroxyl groups is 2. The minimum atomic E-state index is -2.12. The molecule has 3 fully saturated rings. The number of ether oxygens (including phenoxy) is 6. The van der Waals surface area contributed by atoms with Crippen molar-refractivity contribution < 1.29 is 56.7 Å². The predicted molar refractivity (Wildman–Crippen MR) is 572 cm³/mol. The number of alkyl halides is 1. The molecule has 3 aliphatic heterocycles. The molecule has 0 spiro atoms. The summed E-state index contributed by atoms with van der Waals surface area (Å²) in [6, 6.07) is 40.6. The van der Waals surface area contributed by atoms with E-state index in [9.17, 15) is 38.7 Å². The van der Waals surface area contributed by atoms with Crippen molar-refractivity contribution in [1.82, 2.24) is 28.2 Å². The van der Waals surface area contributed by atoms with Gasteiger partial charge in [-0.2, -0.15) is 4.57 Å². The number of aliphatic hydroxyl groups excluding tert-OH is 2. The number of anilines is 1. The summed E-state index contributed by atoms with van der Waals surface area (Å²) in [6.45, 7) is 75.2. The molecule has 6 heterocycles. The predicted octanol–water partition coefficient (Wildman–Crippen LogP) is 23.4. The van der Waals surface area contributed by atoms with E-state index in [4.69, 9.17) is 52.5 Å². The maximum atomic E-state index is 13.2. The van der Waals surface area contributed by atoms with Gasteiger partial charge in [0.05, 0.1) is 81.3 Å². The molecule has 0 saturated carbocycles. The number of rotatable bonds is 22. The van der Waals surface area contributed by atoms with Gasteiger partial charge in [-0.15, -0.1) is 0 Å². The van der Waals surface area contributed by atoms with Crippen LogP contribution >= 0.6 is 31.9 Å². The Labute approximate surface area is 841 Å². The van der Waals surface area contributed by atoms with Crippen molar-refractivity contribution in [2.24, 2.45) is 0 Å². The normalized spacial score (nSPS) is 19.1. The number of aromatic amines is 2. The molecule has 138 heavy (non-hydrogen) atoms. The Morgan fingerprint density at radius 2 is 0.725 bits per heavy atom. The van der Waals surface area contributed by atoms with Crippen LogP contribution in [0.3, 0.4) is 0 Å². The molecule has 0 bridgehead atoms. The smallest absolute Gasteiger partial charge is 0.425 e. The highest BCUT2D eigenvalue weighted by atomic mass is 79.9. The molecule has 9 atom stereocenters. The molecule has 0 amide bonds. The Hall–Kier alpha value is -7.38. The highest BCUT2D eigenvalue weighted by molar-refractivity contribution is 9.10. The molecule has 768 valence electrons. The van der Waals surface area contributed by atoms with Gasteiger partial charge >= 0.3 is 23.2 Å². The molecule has 8 aromatic rings. The minimum Gasteiger partial charge on any atom is -0.443 e. The van der Waals surface area contributed by atoms with Crippen LogP contribution in [0.15, 0.2) is 173 Å². The van der Waals surface area contributed by atoms with E-state index in [0.717, 1.165) is 35.2 Å². The highest BCUT2D eigenvalue weighted by Crippen LogP contribution is 2.46. The number of halogens is 2. The monoisotopic (exact) mass is 2090 g/mol. The summed E-state index contributed by atoms with van der Waals surface area (Å²) in [5.41, 5.74) is 13.3. The van der Waals surface area contributed by atoms with E-state index in [2.05, 4.69) is 297 Å². The Bertz CT molecular complexity index is 5440. The molecule has 3 aromatic heterocycles. The second kappa shape index (κ2) is 48.8. The van der Waals surface area contributed by atoms with E-state index < -0.39 is 95.2 Å². The van der Waals surface area contributed by atoms with Crippen LogP contribution in [-0.4, -0.2) is 118 Å². The van der Waals surface area contributed by atoms with Gasteiger partial charge in [0, 0.05) is 58.9 Å². The van der Waals surface area contributed by atoms with Crippen LogP contribution in [0.1, 0.15) is 313 Å². The second-order valence-electron chi connectivity index (χ2n) is 47.0. The first kappa shape index (κ1) is 119.